The third-order valence-electron chi connectivity index (χ3n) is 4.06. The van der Waals surface area contributed by atoms with Gasteiger partial charge in [-0.05, 0) is 32.4 Å². The number of benzene rings is 1. The molecule has 0 radical (unpaired) electrons. The number of carbonyl (C=O) groups is 2. The minimum absolute atomic E-state index is 0.0583. The fraction of sp³-hybridized carbons (Fsp3) is 0.467. The number of thioether (sulfide) groups is 1. The minimum atomic E-state index is -0.743. The second kappa shape index (κ2) is 4.81. The Morgan fingerprint density at radius 1 is 1.35 bits per heavy atom. The maximum atomic E-state index is 12.9. The SMILES string of the molecule is CCN(CC)C(=O)C12CCC(=O)N1c1ccccc1S2. The summed E-state index contributed by atoms with van der Waals surface area (Å²) in [5.41, 5.74) is 0.889. The van der Waals surface area contributed by atoms with Gasteiger partial charge in [-0.2, -0.15) is 0 Å². The maximum absolute atomic E-state index is 12.9. The van der Waals surface area contributed by atoms with Gasteiger partial charge in [0.1, 0.15) is 0 Å². The van der Waals surface area contributed by atoms with Crippen LogP contribution in [0.5, 0.6) is 0 Å². The Balaban J connectivity index is 2.05. The third-order valence-corrected chi connectivity index (χ3v) is 5.52. The standard InChI is InChI=1S/C15H18N2O2S/c1-3-16(4-2)14(19)15-10-9-13(18)17(15)11-7-5-6-8-12(11)20-15/h5-8H,3-4,9-10H2,1-2H3. The van der Waals surface area contributed by atoms with Crippen molar-refractivity contribution in [3.05, 3.63) is 24.3 Å². The molecule has 0 bridgehead atoms. The van der Waals surface area contributed by atoms with Crippen LogP contribution in [-0.4, -0.2) is 34.7 Å². The highest BCUT2D eigenvalue weighted by atomic mass is 32.2. The first kappa shape index (κ1) is 13.5. The molecule has 1 atom stereocenters. The van der Waals surface area contributed by atoms with Crippen LogP contribution in [0.3, 0.4) is 0 Å². The van der Waals surface area contributed by atoms with E-state index >= 15 is 0 Å². The number of fused-ring (bicyclic) bond motifs is 3. The van der Waals surface area contributed by atoms with Gasteiger partial charge in [0.2, 0.25) is 5.91 Å². The van der Waals surface area contributed by atoms with Gasteiger partial charge >= 0.3 is 0 Å². The predicted molar refractivity (Wildman–Crippen MR) is 79.7 cm³/mol. The second-order valence-corrected chi connectivity index (χ2v) is 6.38. The van der Waals surface area contributed by atoms with Gasteiger partial charge in [-0.1, -0.05) is 23.9 Å². The van der Waals surface area contributed by atoms with E-state index in [0.717, 1.165) is 10.6 Å². The summed E-state index contributed by atoms with van der Waals surface area (Å²) in [5, 5.41) is 0. The average Bonchev–Trinajstić information content (AvgIpc) is 2.96. The molecule has 2 aliphatic rings. The minimum Gasteiger partial charge on any atom is -0.340 e. The van der Waals surface area contributed by atoms with E-state index in [-0.39, 0.29) is 11.8 Å². The van der Waals surface area contributed by atoms with Crippen LogP contribution in [0.4, 0.5) is 5.69 Å². The molecule has 1 fully saturated rings. The van der Waals surface area contributed by atoms with E-state index in [1.807, 2.05) is 43.0 Å². The zero-order valence-electron chi connectivity index (χ0n) is 11.8. The van der Waals surface area contributed by atoms with Crippen molar-refractivity contribution in [3.63, 3.8) is 0 Å². The molecule has 106 valence electrons. The Labute approximate surface area is 123 Å². The van der Waals surface area contributed by atoms with E-state index in [1.165, 1.54) is 11.8 Å². The van der Waals surface area contributed by atoms with E-state index in [2.05, 4.69) is 0 Å². The van der Waals surface area contributed by atoms with Crippen molar-refractivity contribution in [1.82, 2.24) is 4.90 Å². The summed E-state index contributed by atoms with van der Waals surface area (Å²) >= 11 is 1.54. The molecule has 4 nitrogen and oxygen atoms in total. The molecule has 5 heteroatoms. The van der Waals surface area contributed by atoms with Gasteiger partial charge in [0, 0.05) is 24.4 Å². The van der Waals surface area contributed by atoms with Crippen molar-refractivity contribution in [3.8, 4) is 0 Å². The first-order valence-electron chi connectivity index (χ1n) is 7.04. The number of carbonyl (C=O) groups excluding carboxylic acids is 2. The number of anilines is 1. The van der Waals surface area contributed by atoms with Gasteiger partial charge in [0.25, 0.3) is 5.91 Å². The van der Waals surface area contributed by atoms with E-state index in [0.29, 0.717) is 25.9 Å². The summed E-state index contributed by atoms with van der Waals surface area (Å²) in [7, 11) is 0. The number of hydrogen-bond donors (Lipinski definition) is 0. The quantitative estimate of drug-likeness (QED) is 0.858. The topological polar surface area (TPSA) is 40.6 Å². The molecule has 0 saturated carbocycles. The zero-order valence-corrected chi connectivity index (χ0v) is 12.6. The molecule has 2 aliphatic heterocycles. The van der Waals surface area contributed by atoms with Gasteiger partial charge in [-0.25, -0.2) is 0 Å². The van der Waals surface area contributed by atoms with E-state index in [4.69, 9.17) is 0 Å². The summed E-state index contributed by atoms with van der Waals surface area (Å²) in [4.78, 5) is 29.0. The molecule has 0 N–H and O–H groups in total. The first-order chi connectivity index (χ1) is 9.64. The largest absolute Gasteiger partial charge is 0.340 e. The van der Waals surface area contributed by atoms with E-state index in [1.54, 1.807) is 4.90 Å². The maximum Gasteiger partial charge on any atom is 0.259 e. The lowest BCUT2D eigenvalue weighted by molar-refractivity contribution is -0.133. The molecule has 3 rings (SSSR count). The normalized spacial score (nSPS) is 23.7. The van der Waals surface area contributed by atoms with Crippen molar-refractivity contribution in [2.45, 2.75) is 36.5 Å². The second-order valence-electron chi connectivity index (χ2n) is 5.06. The number of nitrogens with zero attached hydrogens (tertiary/aromatic N) is 2. The number of rotatable bonds is 3. The van der Waals surface area contributed by atoms with Crippen LogP contribution < -0.4 is 4.90 Å². The van der Waals surface area contributed by atoms with Gasteiger partial charge in [-0.3, -0.25) is 14.5 Å². The Morgan fingerprint density at radius 3 is 2.75 bits per heavy atom. The first-order valence-corrected chi connectivity index (χ1v) is 7.86. The highest BCUT2D eigenvalue weighted by molar-refractivity contribution is 8.02. The molecule has 1 aromatic rings. The highest BCUT2D eigenvalue weighted by Crippen LogP contribution is 2.56. The van der Waals surface area contributed by atoms with Gasteiger partial charge in [0.05, 0.1) is 5.69 Å². The Morgan fingerprint density at radius 2 is 2.05 bits per heavy atom. The Kier molecular flexibility index (Phi) is 3.24. The smallest absolute Gasteiger partial charge is 0.259 e. The summed E-state index contributed by atoms with van der Waals surface area (Å²) < 4.78 is 0. The highest BCUT2D eigenvalue weighted by Gasteiger charge is 2.58. The predicted octanol–water partition coefficient (Wildman–Crippen LogP) is 2.48. The Hall–Kier alpha value is -1.49. The molecule has 1 aromatic carbocycles. The molecule has 2 amide bonds. The lowest BCUT2D eigenvalue weighted by Crippen LogP contribution is -2.53. The van der Waals surface area contributed by atoms with E-state index in [9.17, 15) is 9.59 Å². The van der Waals surface area contributed by atoms with Crippen molar-refractivity contribution in [1.29, 1.82) is 0 Å². The lowest BCUT2D eigenvalue weighted by Gasteiger charge is -2.34. The average molecular weight is 290 g/mol. The molecule has 1 saturated heterocycles. The number of para-hydroxylation sites is 1. The van der Waals surface area contributed by atoms with Crippen molar-refractivity contribution in [2.75, 3.05) is 18.0 Å². The summed E-state index contributed by atoms with van der Waals surface area (Å²) in [6, 6.07) is 7.79. The summed E-state index contributed by atoms with van der Waals surface area (Å²) in [5.74, 6) is 0.123. The third kappa shape index (κ3) is 1.69. The summed E-state index contributed by atoms with van der Waals surface area (Å²) in [6.45, 7) is 5.31. The number of hydrogen-bond acceptors (Lipinski definition) is 3. The van der Waals surface area contributed by atoms with Crippen molar-refractivity contribution in [2.24, 2.45) is 0 Å². The molecule has 0 spiro atoms. The molecule has 0 aromatic heterocycles. The van der Waals surface area contributed by atoms with Crippen molar-refractivity contribution >= 4 is 29.3 Å². The molecule has 20 heavy (non-hydrogen) atoms. The van der Waals surface area contributed by atoms with Crippen LogP contribution >= 0.6 is 11.8 Å². The van der Waals surface area contributed by atoms with Gasteiger partial charge in [0.15, 0.2) is 4.87 Å². The number of amides is 2. The van der Waals surface area contributed by atoms with Crippen LogP contribution in [0, 0.1) is 0 Å². The monoisotopic (exact) mass is 290 g/mol. The molecule has 0 aliphatic carbocycles. The zero-order chi connectivity index (χ0) is 14.3. The molecule has 1 unspecified atom stereocenters. The van der Waals surface area contributed by atoms with E-state index < -0.39 is 4.87 Å². The van der Waals surface area contributed by atoms with Crippen LogP contribution in [0.2, 0.25) is 0 Å². The fourth-order valence-electron chi connectivity index (χ4n) is 3.04. The number of likely N-dealkylation sites (N-methyl/N-ethyl adjacent to an activating group) is 1. The van der Waals surface area contributed by atoms with Crippen LogP contribution in [0.1, 0.15) is 26.7 Å². The Bertz CT molecular complexity index is 571. The molecular weight excluding hydrogens is 272 g/mol. The van der Waals surface area contributed by atoms with Gasteiger partial charge < -0.3 is 4.90 Å². The van der Waals surface area contributed by atoms with Crippen LogP contribution in [0.15, 0.2) is 29.2 Å². The summed E-state index contributed by atoms with van der Waals surface area (Å²) in [6.07, 6.45) is 1.05. The molecule has 2 heterocycles. The van der Waals surface area contributed by atoms with Crippen molar-refractivity contribution < 1.29 is 9.59 Å². The van der Waals surface area contributed by atoms with Gasteiger partial charge in [-0.15, -0.1) is 0 Å². The molecular formula is C15H18N2O2S. The van der Waals surface area contributed by atoms with Crippen LogP contribution in [-0.2, 0) is 9.59 Å². The van der Waals surface area contributed by atoms with Crippen LogP contribution in [0.25, 0.3) is 0 Å². The lowest BCUT2D eigenvalue weighted by atomic mass is 10.1. The fourth-order valence-corrected chi connectivity index (χ4v) is 4.53.